The van der Waals surface area contributed by atoms with E-state index in [1.54, 1.807) is 92.2 Å². The fraction of sp³-hybridized carbons (Fsp3) is 0.217. The number of ether oxygens (including phenoxy) is 4. The minimum Gasteiger partial charge on any atom is -0.619 e. The van der Waals surface area contributed by atoms with Crippen molar-refractivity contribution in [2.75, 3.05) is 14.2 Å². The van der Waals surface area contributed by atoms with Gasteiger partial charge in [0.15, 0.2) is 22.6 Å². The SMILES string of the molecule is COc1ccc(-c2cccc(Oc3cc[n+]([O-])cc3S(=O)(=O)NC(=O)NC(C)(C)C)c2)cc1.COc1ccc(-c2cccc(Oc3ccncc3S(=O)(=O)NC(=O)NC(C)(C)C)c2)cc1. The number of carbonyl (C=O) groups is 2. The minimum absolute atomic E-state index is 0.0444. The molecule has 0 radical (unpaired) electrons. The summed E-state index contributed by atoms with van der Waals surface area (Å²) in [6.45, 7) is 10.3. The van der Waals surface area contributed by atoms with Crippen LogP contribution in [0.4, 0.5) is 9.59 Å². The average molecular weight is 927 g/mol. The summed E-state index contributed by atoms with van der Waals surface area (Å²) >= 11 is 0. The van der Waals surface area contributed by atoms with Crippen LogP contribution in [-0.4, -0.2) is 59.2 Å². The summed E-state index contributed by atoms with van der Waals surface area (Å²) in [7, 11) is -5.42. The molecule has 0 aliphatic rings. The Hall–Kier alpha value is -7.38. The fourth-order valence-corrected chi connectivity index (χ4v) is 7.77. The monoisotopic (exact) mass is 926 g/mol. The maximum absolute atomic E-state index is 12.8. The number of nitrogens with zero attached hydrogens (tertiary/aromatic N) is 2. The zero-order valence-electron chi connectivity index (χ0n) is 36.9. The molecule has 19 heteroatoms. The van der Waals surface area contributed by atoms with Crippen LogP contribution in [-0.2, 0) is 20.0 Å². The van der Waals surface area contributed by atoms with Crippen molar-refractivity contribution in [2.24, 2.45) is 0 Å². The van der Waals surface area contributed by atoms with Gasteiger partial charge in [-0.1, -0.05) is 48.5 Å². The van der Waals surface area contributed by atoms with Crippen molar-refractivity contribution in [1.82, 2.24) is 25.1 Å². The largest absolute Gasteiger partial charge is 0.619 e. The first-order valence-electron chi connectivity index (χ1n) is 19.8. The van der Waals surface area contributed by atoms with Gasteiger partial charge in [0, 0.05) is 29.4 Å². The quantitative estimate of drug-likeness (QED) is 0.0678. The second kappa shape index (κ2) is 20.4. The molecule has 6 rings (SSSR count). The molecule has 0 bridgehead atoms. The van der Waals surface area contributed by atoms with Crippen molar-refractivity contribution >= 4 is 32.1 Å². The van der Waals surface area contributed by atoms with Gasteiger partial charge in [0.25, 0.3) is 20.0 Å². The second-order valence-electron chi connectivity index (χ2n) is 16.2. The van der Waals surface area contributed by atoms with Crippen molar-refractivity contribution in [1.29, 1.82) is 0 Å². The number of carbonyl (C=O) groups excluding carboxylic acids is 2. The van der Waals surface area contributed by atoms with Gasteiger partial charge in [-0.2, -0.15) is 4.73 Å². The summed E-state index contributed by atoms with van der Waals surface area (Å²) in [6, 6.07) is 30.1. The van der Waals surface area contributed by atoms with Gasteiger partial charge in [-0.25, -0.2) is 35.9 Å². The predicted octanol–water partition coefficient (Wildman–Crippen LogP) is 7.91. The number of benzene rings is 4. The van der Waals surface area contributed by atoms with Gasteiger partial charge in [0.2, 0.25) is 6.20 Å². The first-order valence-corrected chi connectivity index (χ1v) is 22.7. The van der Waals surface area contributed by atoms with E-state index >= 15 is 0 Å². The van der Waals surface area contributed by atoms with E-state index in [4.69, 9.17) is 18.9 Å². The molecule has 0 fully saturated rings. The standard InChI is InChI=1S/C23H25N3O6S.C23H25N3O5S/c1-23(2,3)24-22(27)25-33(29,30)21-15-26(28)13-12-20(21)32-19-7-5-6-17(14-19)16-8-10-18(31-4)11-9-16;1-23(2,3)25-22(27)26-32(28,29)21-15-24-13-12-20(21)31-19-7-5-6-17(14-19)16-8-10-18(30-4)11-9-16/h5-15H,1-4H3,(H2,24,25,27);5-15H,1-4H3,(H2,25,26,27). The maximum atomic E-state index is 12.8. The summed E-state index contributed by atoms with van der Waals surface area (Å²) < 4.78 is 77.5. The van der Waals surface area contributed by atoms with Crippen LogP contribution >= 0.6 is 0 Å². The molecule has 0 aliphatic heterocycles. The molecule has 0 aliphatic carbocycles. The number of methoxy groups -OCH3 is 2. The van der Waals surface area contributed by atoms with E-state index in [9.17, 15) is 31.6 Å². The normalized spacial score (nSPS) is 11.5. The maximum Gasteiger partial charge on any atom is 0.329 e. The van der Waals surface area contributed by atoms with Crippen LogP contribution in [0, 0.1) is 5.21 Å². The van der Waals surface area contributed by atoms with E-state index in [0.29, 0.717) is 16.2 Å². The lowest BCUT2D eigenvalue weighted by atomic mass is 10.1. The van der Waals surface area contributed by atoms with Crippen molar-refractivity contribution in [3.8, 4) is 56.8 Å². The van der Waals surface area contributed by atoms with E-state index in [-0.39, 0.29) is 16.4 Å². The molecule has 65 heavy (non-hydrogen) atoms. The highest BCUT2D eigenvalue weighted by molar-refractivity contribution is 7.90. The molecule has 6 aromatic rings. The molecule has 4 aromatic carbocycles. The molecule has 0 unspecified atom stereocenters. The number of hydrogen-bond acceptors (Lipinski definition) is 12. The first-order chi connectivity index (χ1) is 30.5. The topological polar surface area (TPSA) is 227 Å². The predicted molar refractivity (Wildman–Crippen MR) is 244 cm³/mol. The number of hydrogen-bond donors (Lipinski definition) is 4. The number of amides is 4. The van der Waals surface area contributed by atoms with Crippen molar-refractivity contribution < 1.29 is 50.1 Å². The number of nitrogens with one attached hydrogen (secondary N) is 4. The third kappa shape index (κ3) is 14.3. The van der Waals surface area contributed by atoms with Crippen molar-refractivity contribution in [2.45, 2.75) is 62.4 Å². The van der Waals surface area contributed by atoms with E-state index < -0.39 is 48.1 Å². The zero-order valence-corrected chi connectivity index (χ0v) is 38.5. The van der Waals surface area contributed by atoms with Gasteiger partial charge in [-0.3, -0.25) is 4.98 Å². The molecular formula is C46H50N6O11S2. The van der Waals surface area contributed by atoms with Crippen LogP contribution in [0.2, 0.25) is 0 Å². The molecule has 0 saturated carbocycles. The molecule has 2 heterocycles. The van der Waals surface area contributed by atoms with Crippen molar-refractivity contribution in [3.05, 3.63) is 139 Å². The van der Waals surface area contributed by atoms with E-state index in [2.05, 4.69) is 15.6 Å². The van der Waals surface area contributed by atoms with Crippen LogP contribution < -0.4 is 43.8 Å². The van der Waals surface area contributed by atoms with Gasteiger partial charge in [-0.15, -0.1) is 0 Å². The number of sulfonamides is 2. The number of rotatable bonds is 12. The number of urea groups is 2. The smallest absolute Gasteiger partial charge is 0.329 e. The highest BCUT2D eigenvalue weighted by Crippen LogP contribution is 2.33. The summed E-state index contributed by atoms with van der Waals surface area (Å²) in [6.07, 6.45) is 4.48. The van der Waals surface area contributed by atoms with E-state index in [1.165, 1.54) is 18.3 Å². The van der Waals surface area contributed by atoms with Gasteiger partial charge < -0.3 is 34.8 Å². The van der Waals surface area contributed by atoms with Gasteiger partial charge >= 0.3 is 12.1 Å². The molecule has 17 nitrogen and oxygen atoms in total. The minimum atomic E-state index is -4.40. The lowest BCUT2D eigenvalue weighted by molar-refractivity contribution is -0.607. The zero-order chi connectivity index (χ0) is 47.6. The summed E-state index contributed by atoms with van der Waals surface area (Å²) in [5, 5.41) is 16.9. The highest BCUT2D eigenvalue weighted by Gasteiger charge is 2.28. The fourth-order valence-electron chi connectivity index (χ4n) is 5.77. The Morgan fingerprint density at radius 1 is 0.569 bits per heavy atom. The molecule has 2 aromatic heterocycles. The number of pyridine rings is 2. The van der Waals surface area contributed by atoms with Crippen molar-refractivity contribution in [3.63, 3.8) is 0 Å². The summed E-state index contributed by atoms with van der Waals surface area (Å²) in [5.41, 5.74) is 2.30. The second-order valence-corrected chi connectivity index (χ2v) is 19.5. The van der Waals surface area contributed by atoms with Crippen LogP contribution in [0.25, 0.3) is 22.3 Å². The molecule has 0 saturated heterocycles. The Balaban J connectivity index is 0.000000244. The Morgan fingerprint density at radius 3 is 1.43 bits per heavy atom. The van der Waals surface area contributed by atoms with E-state index in [1.807, 2.05) is 70.1 Å². The lowest BCUT2D eigenvalue weighted by Gasteiger charge is -2.21. The Kier molecular flexibility index (Phi) is 15.3. The molecule has 342 valence electrons. The van der Waals surface area contributed by atoms with Crippen LogP contribution in [0.15, 0.2) is 144 Å². The first kappa shape index (κ1) is 48.6. The molecule has 4 N–H and O–H groups in total. The third-order valence-corrected chi connectivity index (χ3v) is 11.3. The van der Waals surface area contributed by atoms with Crippen LogP contribution in [0.5, 0.6) is 34.5 Å². The summed E-state index contributed by atoms with van der Waals surface area (Å²) in [4.78, 5) is 27.4. The van der Waals surface area contributed by atoms with E-state index in [0.717, 1.165) is 52.3 Å². The molecule has 0 atom stereocenters. The van der Waals surface area contributed by atoms with Crippen LogP contribution in [0.1, 0.15) is 41.5 Å². The van der Waals surface area contributed by atoms with Gasteiger partial charge in [0.1, 0.15) is 27.9 Å². The molecule has 4 amide bonds. The molecule has 0 spiro atoms. The Bertz CT molecular complexity index is 2850. The number of aromatic nitrogens is 2. The third-order valence-electron chi connectivity index (χ3n) is 8.59. The van der Waals surface area contributed by atoms with Gasteiger partial charge in [-0.05, 0) is 112 Å². The Morgan fingerprint density at radius 2 is 1.00 bits per heavy atom. The summed E-state index contributed by atoms with van der Waals surface area (Å²) in [5.74, 6) is 2.19. The van der Waals surface area contributed by atoms with Gasteiger partial charge in [0.05, 0.1) is 20.4 Å². The Labute approximate surface area is 378 Å². The van der Waals surface area contributed by atoms with Crippen LogP contribution in [0.3, 0.4) is 0 Å². The average Bonchev–Trinajstić information content (AvgIpc) is 3.23. The lowest BCUT2D eigenvalue weighted by Crippen LogP contribution is -2.48. The highest BCUT2D eigenvalue weighted by atomic mass is 32.2. The molecular weight excluding hydrogens is 877 g/mol.